The highest BCUT2D eigenvalue weighted by molar-refractivity contribution is 5.85. The number of nitrogens with zero attached hydrogens (tertiary/aromatic N) is 2. The van der Waals surface area contributed by atoms with Crippen LogP contribution in [-0.4, -0.2) is 88.3 Å². The molecule has 3 unspecified atom stereocenters. The third kappa shape index (κ3) is 12.5. The second kappa shape index (κ2) is 18.3. The smallest absolute Gasteiger partial charge is 0.239 e. The van der Waals surface area contributed by atoms with Crippen molar-refractivity contribution in [3.63, 3.8) is 0 Å². The van der Waals surface area contributed by atoms with Gasteiger partial charge in [0, 0.05) is 40.0 Å². The molecule has 0 bridgehead atoms. The van der Waals surface area contributed by atoms with Crippen molar-refractivity contribution in [2.45, 2.75) is 70.9 Å². The second-order valence-corrected chi connectivity index (χ2v) is 9.63. The first-order valence-corrected chi connectivity index (χ1v) is 13.1. The fourth-order valence-corrected chi connectivity index (χ4v) is 4.51. The molecule has 2 amide bonds. The molecule has 1 aromatic rings. The van der Waals surface area contributed by atoms with E-state index in [9.17, 15) is 9.59 Å². The van der Waals surface area contributed by atoms with Gasteiger partial charge in [0.25, 0.3) is 0 Å². The van der Waals surface area contributed by atoms with Crippen LogP contribution in [0.15, 0.2) is 30.3 Å². The molecule has 0 spiro atoms. The van der Waals surface area contributed by atoms with Crippen LogP contribution in [0.1, 0.15) is 57.9 Å². The van der Waals surface area contributed by atoms with Gasteiger partial charge < -0.3 is 24.6 Å². The summed E-state index contributed by atoms with van der Waals surface area (Å²) in [4.78, 5) is 29.9. The topological polar surface area (TPSA) is 71.1 Å². The molecule has 0 aliphatic rings. The fourth-order valence-electron chi connectivity index (χ4n) is 4.51. The first-order chi connectivity index (χ1) is 16.8. The summed E-state index contributed by atoms with van der Waals surface area (Å²) in [7, 11) is 7.45. The summed E-state index contributed by atoms with van der Waals surface area (Å²) in [6, 6.07) is 10.2. The number of hydrogen-bond donors (Lipinski definition) is 1. The molecule has 1 aromatic carbocycles. The number of unbranched alkanes of at least 4 members (excludes halogenated alkanes) is 3. The highest BCUT2D eigenvalue weighted by Gasteiger charge is 2.31. The minimum absolute atomic E-state index is 0.0258. The summed E-state index contributed by atoms with van der Waals surface area (Å²) in [6.07, 6.45) is 5.75. The molecule has 0 aliphatic heterocycles. The van der Waals surface area contributed by atoms with Gasteiger partial charge in [-0.1, -0.05) is 63.4 Å². The number of ether oxygens (including phenoxy) is 2. The third-order valence-electron chi connectivity index (χ3n) is 6.68. The van der Waals surface area contributed by atoms with Gasteiger partial charge in [-0.25, -0.2) is 0 Å². The van der Waals surface area contributed by atoms with Crippen LogP contribution in [0.3, 0.4) is 0 Å². The molecule has 0 heterocycles. The lowest BCUT2D eigenvalue weighted by Crippen LogP contribution is -2.48. The number of rotatable bonds is 19. The summed E-state index contributed by atoms with van der Waals surface area (Å²) in [6.45, 7) is 6.32. The van der Waals surface area contributed by atoms with Crippen LogP contribution in [0.25, 0.3) is 0 Å². The highest BCUT2D eigenvalue weighted by Crippen LogP contribution is 2.21. The molecule has 0 saturated carbocycles. The van der Waals surface area contributed by atoms with Gasteiger partial charge >= 0.3 is 0 Å². The zero-order chi connectivity index (χ0) is 26.1. The third-order valence-corrected chi connectivity index (χ3v) is 6.68. The van der Waals surface area contributed by atoms with Crippen molar-refractivity contribution in [1.82, 2.24) is 15.1 Å². The molecule has 0 saturated heterocycles. The predicted molar refractivity (Wildman–Crippen MR) is 142 cm³/mol. The average Bonchev–Trinajstić information content (AvgIpc) is 2.85. The Labute approximate surface area is 213 Å². The van der Waals surface area contributed by atoms with Gasteiger partial charge in [0.1, 0.15) is 0 Å². The van der Waals surface area contributed by atoms with Crippen LogP contribution in [0.5, 0.6) is 0 Å². The van der Waals surface area contributed by atoms with Crippen molar-refractivity contribution in [3.05, 3.63) is 35.9 Å². The molecule has 0 aromatic heterocycles. The molecular formula is C28H49N3O4. The number of carbonyl (C=O) groups excluding carboxylic acids is 2. The van der Waals surface area contributed by atoms with Crippen molar-refractivity contribution in [1.29, 1.82) is 0 Å². The molecular weight excluding hydrogens is 442 g/mol. The zero-order valence-corrected chi connectivity index (χ0v) is 22.9. The van der Waals surface area contributed by atoms with Crippen LogP contribution in [0.2, 0.25) is 0 Å². The normalized spacial score (nSPS) is 13.9. The fraction of sp³-hybridized carbons (Fsp3) is 0.714. The highest BCUT2D eigenvalue weighted by atomic mass is 16.5. The quantitative estimate of drug-likeness (QED) is 0.298. The van der Waals surface area contributed by atoms with Crippen molar-refractivity contribution in [3.8, 4) is 0 Å². The van der Waals surface area contributed by atoms with Crippen LogP contribution in [0.4, 0.5) is 0 Å². The maximum Gasteiger partial charge on any atom is 0.239 e. The maximum absolute atomic E-state index is 13.4. The number of benzene rings is 1. The molecule has 1 N–H and O–H groups in total. The summed E-state index contributed by atoms with van der Waals surface area (Å²) >= 11 is 0. The zero-order valence-electron chi connectivity index (χ0n) is 22.9. The van der Waals surface area contributed by atoms with E-state index in [-0.39, 0.29) is 36.9 Å². The molecule has 1 rings (SSSR count). The minimum atomic E-state index is -0.224. The van der Waals surface area contributed by atoms with E-state index in [0.29, 0.717) is 19.0 Å². The predicted octanol–water partition coefficient (Wildman–Crippen LogP) is 3.76. The van der Waals surface area contributed by atoms with Gasteiger partial charge in [-0.15, -0.1) is 0 Å². The molecule has 35 heavy (non-hydrogen) atoms. The van der Waals surface area contributed by atoms with Crippen molar-refractivity contribution in [2.75, 3.05) is 54.6 Å². The van der Waals surface area contributed by atoms with Gasteiger partial charge in [0.05, 0.1) is 19.1 Å². The largest absolute Gasteiger partial charge is 0.385 e. The summed E-state index contributed by atoms with van der Waals surface area (Å²) in [5.74, 6) is 0.245. The van der Waals surface area contributed by atoms with Crippen LogP contribution < -0.4 is 5.32 Å². The van der Waals surface area contributed by atoms with E-state index in [2.05, 4.69) is 36.2 Å². The van der Waals surface area contributed by atoms with Gasteiger partial charge in [0.2, 0.25) is 11.8 Å². The van der Waals surface area contributed by atoms with Crippen LogP contribution in [0, 0.1) is 5.92 Å². The first kappa shape index (κ1) is 31.1. The maximum atomic E-state index is 13.4. The van der Waals surface area contributed by atoms with E-state index in [1.54, 1.807) is 19.1 Å². The van der Waals surface area contributed by atoms with Gasteiger partial charge in [0.15, 0.2) is 0 Å². The van der Waals surface area contributed by atoms with E-state index in [1.165, 1.54) is 5.56 Å². The van der Waals surface area contributed by atoms with E-state index in [4.69, 9.17) is 9.47 Å². The lowest BCUT2D eigenvalue weighted by molar-refractivity contribution is -0.139. The second-order valence-electron chi connectivity index (χ2n) is 9.63. The lowest BCUT2D eigenvalue weighted by Gasteiger charge is -2.36. The van der Waals surface area contributed by atoms with E-state index >= 15 is 0 Å². The van der Waals surface area contributed by atoms with Gasteiger partial charge in [-0.05, 0) is 44.8 Å². The average molecular weight is 492 g/mol. The molecule has 7 heteroatoms. The Morgan fingerprint density at radius 2 is 1.71 bits per heavy atom. The summed E-state index contributed by atoms with van der Waals surface area (Å²) in [5.41, 5.74) is 1.18. The monoisotopic (exact) mass is 491 g/mol. The van der Waals surface area contributed by atoms with Gasteiger partial charge in [-0.3, -0.25) is 9.59 Å². The Morgan fingerprint density at radius 3 is 2.31 bits per heavy atom. The van der Waals surface area contributed by atoms with E-state index in [1.807, 2.05) is 32.3 Å². The molecule has 7 nitrogen and oxygen atoms in total. The SMILES string of the molecule is CCC(C)C(C(CC(=O)N(CCCCCCOC)CC(=O)NCCc1ccccc1)OC)N(C)C. The van der Waals surface area contributed by atoms with E-state index in [0.717, 1.165) is 45.1 Å². The van der Waals surface area contributed by atoms with Gasteiger partial charge in [-0.2, -0.15) is 0 Å². The van der Waals surface area contributed by atoms with Crippen LogP contribution in [-0.2, 0) is 25.5 Å². The van der Waals surface area contributed by atoms with Crippen molar-refractivity contribution < 1.29 is 19.1 Å². The first-order valence-electron chi connectivity index (χ1n) is 13.1. The molecule has 3 atom stereocenters. The number of hydrogen-bond acceptors (Lipinski definition) is 5. The number of carbonyl (C=O) groups is 2. The summed E-state index contributed by atoms with van der Waals surface area (Å²) < 4.78 is 10.9. The molecule has 0 aliphatic carbocycles. The van der Waals surface area contributed by atoms with Crippen LogP contribution >= 0.6 is 0 Å². The number of methoxy groups -OCH3 is 2. The Morgan fingerprint density at radius 1 is 1.03 bits per heavy atom. The van der Waals surface area contributed by atoms with Crippen molar-refractivity contribution in [2.24, 2.45) is 5.92 Å². The van der Waals surface area contributed by atoms with E-state index < -0.39 is 0 Å². The Balaban J connectivity index is 2.74. The molecule has 0 fully saturated rings. The Hall–Kier alpha value is -1.96. The lowest BCUT2D eigenvalue weighted by atomic mass is 9.91. The molecule has 0 radical (unpaired) electrons. The standard InChI is InChI=1S/C28H49N3O4/c1-7-23(2)28(30(3)4)25(35-6)21-27(33)31(19-13-8-9-14-20-34-5)22-26(32)29-18-17-24-15-11-10-12-16-24/h10-12,15-16,23,25,28H,7-9,13-14,17-22H2,1-6H3,(H,29,32). The molecule has 200 valence electrons. The summed E-state index contributed by atoms with van der Waals surface area (Å²) in [5, 5.41) is 2.98. The number of likely N-dealkylation sites (N-methyl/N-ethyl adjacent to an activating group) is 1. The number of amides is 2. The Kier molecular flexibility index (Phi) is 16.3. The Bertz CT molecular complexity index is 699. The number of nitrogens with one attached hydrogen (secondary N) is 1. The van der Waals surface area contributed by atoms with Crippen molar-refractivity contribution >= 4 is 11.8 Å². The minimum Gasteiger partial charge on any atom is -0.385 e.